The Balaban J connectivity index is 1.65. The summed E-state index contributed by atoms with van der Waals surface area (Å²) in [4.78, 5) is 11.9. The molecule has 1 aromatic heterocycles. The molecule has 0 saturated heterocycles. The zero-order valence-corrected chi connectivity index (χ0v) is 17.8. The minimum Gasteiger partial charge on any atom is -0.348 e. The lowest BCUT2D eigenvalue weighted by atomic mass is 9.95. The maximum atomic E-state index is 12.9. The highest BCUT2D eigenvalue weighted by Gasteiger charge is 2.36. The predicted octanol–water partition coefficient (Wildman–Crippen LogP) is 4.98. The van der Waals surface area contributed by atoms with Gasteiger partial charge in [-0.2, -0.15) is 17.5 Å². The second kappa shape index (κ2) is 8.41. The molecule has 0 bridgehead atoms. The predicted molar refractivity (Wildman–Crippen MR) is 104 cm³/mol. The van der Waals surface area contributed by atoms with Crippen molar-refractivity contribution in [1.29, 1.82) is 0 Å². The highest BCUT2D eigenvalue weighted by molar-refractivity contribution is 7.92. The number of aromatic nitrogens is 1. The number of benzene rings is 1. The van der Waals surface area contributed by atoms with E-state index in [0.717, 1.165) is 23.7 Å². The summed E-state index contributed by atoms with van der Waals surface area (Å²) in [6.45, 7) is 0. The summed E-state index contributed by atoms with van der Waals surface area (Å²) in [6.07, 6.45) is -3.45. The number of alkyl halides is 3. The van der Waals surface area contributed by atoms with E-state index in [9.17, 15) is 26.4 Å². The van der Waals surface area contributed by atoms with Gasteiger partial charge < -0.3 is 5.32 Å². The van der Waals surface area contributed by atoms with E-state index in [-0.39, 0.29) is 38.8 Å². The molecule has 158 valence electrons. The van der Waals surface area contributed by atoms with Crippen LogP contribution in [0, 0.1) is 0 Å². The Labute approximate surface area is 179 Å². The fourth-order valence-corrected chi connectivity index (χ4v) is 6.05. The normalized spacial score (nSPS) is 20.4. The number of carbonyl (C=O) groups is 1. The molecule has 2 aromatic rings. The van der Waals surface area contributed by atoms with Crippen molar-refractivity contribution in [3.63, 3.8) is 0 Å². The number of halogens is 5. The smallest absolute Gasteiger partial charge is 0.348 e. The van der Waals surface area contributed by atoms with Gasteiger partial charge in [-0.05, 0) is 55.4 Å². The molecule has 0 radical (unpaired) electrons. The maximum absolute atomic E-state index is 12.9. The molecule has 1 heterocycles. The van der Waals surface area contributed by atoms with Gasteiger partial charge in [-0.15, -0.1) is 0 Å². The summed E-state index contributed by atoms with van der Waals surface area (Å²) in [5.74, 6) is -0.498. The number of hydrogen-bond donors (Lipinski definition) is 1. The van der Waals surface area contributed by atoms with Crippen LogP contribution in [0.1, 0.15) is 41.7 Å². The number of amides is 1. The summed E-state index contributed by atoms with van der Waals surface area (Å²) >= 11 is 12.6. The molecule has 1 amide bonds. The third-order valence-electron chi connectivity index (χ3n) is 4.75. The van der Waals surface area contributed by atoms with Gasteiger partial charge in [0, 0.05) is 6.04 Å². The Morgan fingerprint density at radius 2 is 1.83 bits per heavy atom. The van der Waals surface area contributed by atoms with Crippen LogP contribution >= 0.6 is 34.7 Å². The van der Waals surface area contributed by atoms with E-state index in [4.69, 9.17) is 23.2 Å². The fourth-order valence-electron chi connectivity index (χ4n) is 3.21. The minimum absolute atomic E-state index is 0.0142. The Kier molecular flexibility index (Phi) is 6.47. The second-order valence-electron chi connectivity index (χ2n) is 6.64. The van der Waals surface area contributed by atoms with Crippen LogP contribution in [0.5, 0.6) is 0 Å². The summed E-state index contributed by atoms with van der Waals surface area (Å²) < 4.78 is 68.3. The van der Waals surface area contributed by atoms with E-state index in [1.165, 1.54) is 6.07 Å². The number of nitrogens with zero attached hydrogens (tertiary/aromatic N) is 1. The van der Waals surface area contributed by atoms with Crippen LogP contribution in [0.3, 0.4) is 0 Å². The molecule has 1 N–H and O–H groups in total. The summed E-state index contributed by atoms with van der Waals surface area (Å²) in [5.41, 5.74) is -0.987. The first kappa shape index (κ1) is 22.3. The maximum Gasteiger partial charge on any atom is 0.416 e. The highest BCUT2D eigenvalue weighted by atomic mass is 35.5. The van der Waals surface area contributed by atoms with Crippen molar-refractivity contribution >= 4 is 50.5 Å². The largest absolute Gasteiger partial charge is 0.416 e. The third kappa shape index (κ3) is 4.87. The van der Waals surface area contributed by atoms with Gasteiger partial charge in [0.2, 0.25) is 0 Å². The second-order valence-corrected chi connectivity index (χ2v) is 10.6. The zero-order valence-electron chi connectivity index (χ0n) is 14.7. The molecule has 0 atom stereocenters. The van der Waals surface area contributed by atoms with Gasteiger partial charge in [-0.25, -0.2) is 8.42 Å². The SMILES string of the molecule is O=C(NC1CCC(S(=O)(=O)c2cccc(C(F)(F)F)c2)CC1)c1nsc(Cl)c1Cl. The monoisotopic (exact) mass is 486 g/mol. The number of sulfone groups is 1. The van der Waals surface area contributed by atoms with Crippen LogP contribution in [-0.4, -0.2) is 30.0 Å². The van der Waals surface area contributed by atoms with Crippen LogP contribution in [0.2, 0.25) is 9.36 Å². The molecule has 0 unspecified atom stereocenters. The van der Waals surface area contributed by atoms with Crippen molar-refractivity contribution in [3.8, 4) is 0 Å². The average molecular weight is 487 g/mol. The third-order valence-corrected chi connectivity index (χ3v) is 8.62. The lowest BCUT2D eigenvalue weighted by molar-refractivity contribution is -0.137. The molecule has 12 heteroatoms. The molecule has 0 spiro atoms. The van der Waals surface area contributed by atoms with Crippen LogP contribution in [0.15, 0.2) is 29.2 Å². The lowest BCUT2D eigenvalue weighted by Crippen LogP contribution is -2.40. The number of nitrogens with one attached hydrogen (secondary N) is 1. The number of carbonyl (C=O) groups excluding carboxylic acids is 1. The molecular formula is C17H15Cl2F3N2O3S2. The van der Waals surface area contributed by atoms with Crippen molar-refractivity contribution in [2.75, 3.05) is 0 Å². The zero-order chi connectivity index (χ0) is 21.4. The molecule has 3 rings (SSSR count). The van der Waals surface area contributed by atoms with Crippen molar-refractivity contribution < 1.29 is 26.4 Å². The highest BCUT2D eigenvalue weighted by Crippen LogP contribution is 2.34. The van der Waals surface area contributed by atoms with Crippen molar-refractivity contribution in [2.24, 2.45) is 0 Å². The fraction of sp³-hybridized carbons (Fsp3) is 0.412. The molecule has 0 aliphatic heterocycles. The molecular weight excluding hydrogens is 472 g/mol. The van der Waals surface area contributed by atoms with Gasteiger partial charge in [-0.1, -0.05) is 29.3 Å². The van der Waals surface area contributed by atoms with Crippen LogP contribution in [0.4, 0.5) is 13.2 Å². The quantitative estimate of drug-likeness (QED) is 0.660. The van der Waals surface area contributed by atoms with E-state index in [1.807, 2.05) is 0 Å². The molecule has 1 saturated carbocycles. The van der Waals surface area contributed by atoms with Crippen molar-refractivity contribution in [3.05, 3.63) is 44.9 Å². The van der Waals surface area contributed by atoms with Gasteiger partial charge in [0.1, 0.15) is 9.36 Å². The average Bonchev–Trinajstić information content (AvgIpc) is 3.00. The van der Waals surface area contributed by atoms with Gasteiger partial charge in [0.15, 0.2) is 15.5 Å². The van der Waals surface area contributed by atoms with Crippen LogP contribution in [-0.2, 0) is 16.0 Å². The number of hydrogen-bond acceptors (Lipinski definition) is 5. The summed E-state index contributed by atoms with van der Waals surface area (Å²) in [6, 6.07) is 3.47. The standard InChI is InChI=1S/C17H15Cl2F3N2O3S2/c18-13-14(24-28-15(13)19)16(25)23-10-4-6-11(7-5-10)29(26,27)12-3-1-2-9(8-12)17(20,21)22/h1-3,8,10-11H,4-7H2,(H,23,25). The van der Waals surface area contributed by atoms with E-state index < -0.39 is 32.7 Å². The van der Waals surface area contributed by atoms with Crippen LogP contribution in [0.25, 0.3) is 0 Å². The van der Waals surface area contributed by atoms with Gasteiger partial charge in [0.05, 0.1) is 15.7 Å². The van der Waals surface area contributed by atoms with Crippen molar-refractivity contribution in [2.45, 2.75) is 48.0 Å². The first-order valence-corrected chi connectivity index (χ1v) is 11.6. The lowest BCUT2D eigenvalue weighted by Gasteiger charge is -2.29. The minimum atomic E-state index is -4.62. The molecule has 1 fully saturated rings. The molecule has 1 aromatic carbocycles. The first-order chi connectivity index (χ1) is 13.5. The topological polar surface area (TPSA) is 76.1 Å². The Morgan fingerprint density at radius 3 is 2.38 bits per heavy atom. The van der Waals surface area contributed by atoms with E-state index >= 15 is 0 Å². The van der Waals surface area contributed by atoms with E-state index in [1.54, 1.807) is 0 Å². The Morgan fingerprint density at radius 1 is 1.17 bits per heavy atom. The van der Waals surface area contributed by atoms with E-state index in [0.29, 0.717) is 18.9 Å². The molecule has 5 nitrogen and oxygen atoms in total. The summed E-state index contributed by atoms with van der Waals surface area (Å²) in [5, 5.41) is 2.00. The molecule has 1 aliphatic rings. The Bertz CT molecular complexity index is 1020. The Hall–Kier alpha value is -1.36. The van der Waals surface area contributed by atoms with Gasteiger partial charge in [0.25, 0.3) is 5.91 Å². The van der Waals surface area contributed by atoms with Gasteiger partial charge in [-0.3, -0.25) is 4.79 Å². The van der Waals surface area contributed by atoms with Crippen LogP contribution < -0.4 is 5.32 Å². The van der Waals surface area contributed by atoms with E-state index in [2.05, 4.69) is 9.69 Å². The molecule has 29 heavy (non-hydrogen) atoms. The summed E-state index contributed by atoms with van der Waals surface area (Å²) in [7, 11) is -3.91. The van der Waals surface area contributed by atoms with Gasteiger partial charge >= 0.3 is 6.18 Å². The van der Waals surface area contributed by atoms with Crippen molar-refractivity contribution in [1.82, 2.24) is 9.69 Å². The number of rotatable bonds is 4. The molecule has 1 aliphatic carbocycles. The first-order valence-electron chi connectivity index (χ1n) is 8.53.